The molecule has 0 aliphatic carbocycles. The van der Waals surface area contributed by atoms with Crippen molar-refractivity contribution in [1.29, 1.82) is 0 Å². The maximum atomic E-state index is 12.9. The van der Waals surface area contributed by atoms with E-state index < -0.39 is 22.1 Å². The van der Waals surface area contributed by atoms with Crippen molar-refractivity contribution in [2.75, 3.05) is 20.8 Å². The Morgan fingerprint density at radius 3 is 2.53 bits per heavy atom. The molecule has 0 saturated heterocycles. The fourth-order valence-corrected chi connectivity index (χ4v) is 2.21. The van der Waals surface area contributed by atoms with Crippen LogP contribution in [0.3, 0.4) is 0 Å². The topological polar surface area (TPSA) is 64.6 Å². The van der Waals surface area contributed by atoms with Gasteiger partial charge in [-0.3, -0.25) is 0 Å². The first-order chi connectivity index (χ1) is 7.99. The van der Waals surface area contributed by atoms with Crippen molar-refractivity contribution in [1.82, 2.24) is 4.72 Å². The average molecular weight is 263 g/mol. The van der Waals surface area contributed by atoms with Gasteiger partial charge in [0.2, 0.25) is 10.0 Å². The summed E-state index contributed by atoms with van der Waals surface area (Å²) in [7, 11) is -0.961. The van der Waals surface area contributed by atoms with Crippen molar-refractivity contribution in [2.24, 2.45) is 0 Å². The number of sulfonamides is 1. The Hall–Kier alpha value is -1.02. The lowest BCUT2D eigenvalue weighted by Crippen LogP contribution is -2.34. The summed E-state index contributed by atoms with van der Waals surface area (Å²) in [6.45, 7) is -0.0498. The molecule has 0 bridgehead atoms. The van der Waals surface area contributed by atoms with Gasteiger partial charge in [0.1, 0.15) is 5.82 Å². The number of methoxy groups -OCH3 is 2. The molecule has 1 aromatic carbocycles. The van der Waals surface area contributed by atoms with Crippen LogP contribution in [0.1, 0.15) is 0 Å². The van der Waals surface area contributed by atoms with Crippen LogP contribution in [0, 0.1) is 5.82 Å². The Balaban J connectivity index is 2.76. The Labute approximate surface area is 99.6 Å². The third-order valence-corrected chi connectivity index (χ3v) is 3.49. The molecule has 0 amide bonds. The minimum Gasteiger partial charge on any atom is -0.355 e. The Morgan fingerprint density at radius 1 is 1.35 bits per heavy atom. The molecule has 1 rings (SSSR count). The maximum absolute atomic E-state index is 12.9. The van der Waals surface area contributed by atoms with E-state index in [-0.39, 0.29) is 11.4 Å². The molecule has 1 aromatic rings. The van der Waals surface area contributed by atoms with Gasteiger partial charge in [-0.15, -0.1) is 0 Å². The average Bonchev–Trinajstić information content (AvgIpc) is 2.30. The molecule has 0 aliphatic rings. The minimum atomic E-state index is -3.75. The van der Waals surface area contributed by atoms with Crippen molar-refractivity contribution >= 4 is 10.0 Å². The Bertz CT molecular complexity index is 459. The first-order valence-corrected chi connectivity index (χ1v) is 6.28. The number of benzene rings is 1. The largest absolute Gasteiger partial charge is 0.355 e. The quantitative estimate of drug-likeness (QED) is 0.768. The van der Waals surface area contributed by atoms with E-state index in [0.717, 1.165) is 6.07 Å². The normalized spacial score (nSPS) is 12.0. The lowest BCUT2D eigenvalue weighted by molar-refractivity contribution is -0.0960. The van der Waals surface area contributed by atoms with Crippen molar-refractivity contribution < 1.29 is 22.3 Å². The summed E-state index contributed by atoms with van der Waals surface area (Å²) < 4.78 is 48.3. The van der Waals surface area contributed by atoms with Crippen LogP contribution in [0.5, 0.6) is 0 Å². The van der Waals surface area contributed by atoms with Gasteiger partial charge in [0.15, 0.2) is 6.29 Å². The number of hydrogen-bond donors (Lipinski definition) is 1. The van der Waals surface area contributed by atoms with E-state index in [1.165, 1.54) is 32.4 Å². The summed E-state index contributed by atoms with van der Waals surface area (Å²) in [4.78, 5) is -0.136. The second kappa shape index (κ2) is 6.06. The molecule has 0 spiro atoms. The molecule has 17 heavy (non-hydrogen) atoms. The number of halogens is 1. The summed E-state index contributed by atoms with van der Waals surface area (Å²) in [5.41, 5.74) is 0. The van der Waals surface area contributed by atoms with Crippen molar-refractivity contribution in [2.45, 2.75) is 11.2 Å². The first kappa shape index (κ1) is 14.0. The lowest BCUT2D eigenvalue weighted by Gasteiger charge is -2.14. The van der Waals surface area contributed by atoms with Crippen LogP contribution in [0.25, 0.3) is 0 Å². The van der Waals surface area contributed by atoms with Gasteiger partial charge < -0.3 is 9.47 Å². The molecule has 7 heteroatoms. The molecule has 0 heterocycles. The van der Waals surface area contributed by atoms with Crippen LogP contribution in [-0.2, 0) is 19.5 Å². The van der Waals surface area contributed by atoms with Crippen molar-refractivity contribution in [3.8, 4) is 0 Å². The standard InChI is InChI=1S/C10H14FNO4S/c1-15-10(16-2)7-12-17(13,14)9-5-3-4-8(11)6-9/h3-6,10,12H,7H2,1-2H3. The fourth-order valence-electron chi connectivity index (χ4n) is 1.16. The predicted octanol–water partition coefficient (Wildman–Crippen LogP) is 0.723. The molecule has 5 nitrogen and oxygen atoms in total. The first-order valence-electron chi connectivity index (χ1n) is 4.80. The molecule has 0 fully saturated rings. The number of rotatable bonds is 6. The van der Waals surface area contributed by atoms with E-state index in [1.807, 2.05) is 0 Å². The number of ether oxygens (including phenoxy) is 2. The van der Waals surface area contributed by atoms with Crippen LogP contribution >= 0.6 is 0 Å². The van der Waals surface area contributed by atoms with Crippen molar-refractivity contribution in [3.05, 3.63) is 30.1 Å². The van der Waals surface area contributed by atoms with Gasteiger partial charge >= 0.3 is 0 Å². The van der Waals surface area contributed by atoms with Crippen molar-refractivity contribution in [3.63, 3.8) is 0 Å². The van der Waals surface area contributed by atoms with E-state index in [1.54, 1.807) is 0 Å². The molecule has 0 radical (unpaired) electrons. The Kier molecular flexibility index (Phi) is 5.01. The highest BCUT2D eigenvalue weighted by atomic mass is 32.2. The summed E-state index contributed by atoms with van der Waals surface area (Å²) in [6.07, 6.45) is -0.682. The van der Waals surface area contributed by atoms with Crippen LogP contribution in [0.15, 0.2) is 29.2 Å². The van der Waals surface area contributed by atoms with Gasteiger partial charge in [0.05, 0.1) is 11.4 Å². The highest BCUT2D eigenvalue weighted by molar-refractivity contribution is 7.89. The van der Waals surface area contributed by atoms with E-state index >= 15 is 0 Å². The maximum Gasteiger partial charge on any atom is 0.240 e. The highest BCUT2D eigenvalue weighted by Crippen LogP contribution is 2.10. The van der Waals surface area contributed by atoms with Crippen LogP contribution in [0.4, 0.5) is 4.39 Å². The summed E-state index contributed by atoms with van der Waals surface area (Å²) in [5.74, 6) is -0.608. The summed E-state index contributed by atoms with van der Waals surface area (Å²) in [6, 6.07) is 4.75. The van der Waals surface area contributed by atoms with Gasteiger partial charge in [0.25, 0.3) is 0 Å². The second-order valence-electron chi connectivity index (χ2n) is 3.21. The summed E-state index contributed by atoms with van der Waals surface area (Å²) >= 11 is 0. The van der Waals surface area contributed by atoms with Gasteiger partial charge in [-0.25, -0.2) is 17.5 Å². The number of hydrogen-bond acceptors (Lipinski definition) is 4. The SMILES string of the molecule is COC(CNS(=O)(=O)c1cccc(F)c1)OC. The molecule has 1 N–H and O–H groups in total. The third-order valence-electron chi connectivity index (χ3n) is 2.07. The highest BCUT2D eigenvalue weighted by Gasteiger charge is 2.16. The Morgan fingerprint density at radius 2 is 2.00 bits per heavy atom. The van der Waals surface area contributed by atoms with Gasteiger partial charge in [0, 0.05) is 14.2 Å². The fraction of sp³-hybridized carbons (Fsp3) is 0.400. The predicted molar refractivity (Wildman–Crippen MR) is 59.4 cm³/mol. The van der Waals surface area contributed by atoms with E-state index in [0.29, 0.717) is 0 Å². The van der Waals surface area contributed by atoms with Gasteiger partial charge in [-0.1, -0.05) is 6.07 Å². The molecular formula is C10H14FNO4S. The van der Waals surface area contributed by atoms with Gasteiger partial charge in [-0.2, -0.15) is 0 Å². The minimum absolute atomic E-state index is 0.0498. The zero-order chi connectivity index (χ0) is 12.9. The number of nitrogens with one attached hydrogen (secondary N) is 1. The zero-order valence-electron chi connectivity index (χ0n) is 9.51. The monoisotopic (exact) mass is 263 g/mol. The lowest BCUT2D eigenvalue weighted by atomic mass is 10.4. The van der Waals surface area contributed by atoms with E-state index in [9.17, 15) is 12.8 Å². The van der Waals surface area contributed by atoms with Crippen LogP contribution < -0.4 is 4.72 Å². The molecule has 0 atom stereocenters. The molecule has 0 aromatic heterocycles. The third kappa shape index (κ3) is 4.04. The smallest absolute Gasteiger partial charge is 0.240 e. The second-order valence-corrected chi connectivity index (χ2v) is 4.98. The molecule has 96 valence electrons. The molecule has 0 aliphatic heterocycles. The van der Waals surface area contributed by atoms with Crippen LogP contribution in [-0.4, -0.2) is 35.5 Å². The van der Waals surface area contributed by atoms with Crippen LogP contribution in [0.2, 0.25) is 0 Å². The van der Waals surface area contributed by atoms with Gasteiger partial charge in [-0.05, 0) is 18.2 Å². The van der Waals surface area contributed by atoms with E-state index in [4.69, 9.17) is 9.47 Å². The zero-order valence-corrected chi connectivity index (χ0v) is 10.3. The molecule has 0 unspecified atom stereocenters. The summed E-state index contributed by atoms with van der Waals surface area (Å²) in [5, 5.41) is 0. The van der Waals surface area contributed by atoms with E-state index in [2.05, 4.69) is 4.72 Å². The molecular weight excluding hydrogens is 249 g/mol. The molecule has 0 saturated carbocycles.